The van der Waals surface area contributed by atoms with Gasteiger partial charge in [0.25, 0.3) is 5.91 Å². The van der Waals surface area contributed by atoms with Gasteiger partial charge < -0.3 is 9.80 Å². The maximum absolute atomic E-state index is 12.6. The van der Waals surface area contributed by atoms with E-state index >= 15 is 0 Å². The molecule has 23 heavy (non-hydrogen) atoms. The first-order valence-electron chi connectivity index (χ1n) is 8.67. The molecule has 0 spiro atoms. The zero-order valence-corrected chi connectivity index (χ0v) is 13.8. The van der Waals surface area contributed by atoms with Gasteiger partial charge in [-0.05, 0) is 31.9 Å². The van der Waals surface area contributed by atoms with Crippen molar-refractivity contribution >= 4 is 11.8 Å². The van der Waals surface area contributed by atoms with Crippen molar-refractivity contribution in [2.45, 2.75) is 39.0 Å². The van der Waals surface area contributed by atoms with E-state index in [2.05, 4.69) is 4.98 Å². The molecule has 2 amide bonds. The monoisotopic (exact) mass is 315 g/mol. The minimum atomic E-state index is -0.0292. The van der Waals surface area contributed by atoms with Crippen LogP contribution < -0.4 is 0 Å². The van der Waals surface area contributed by atoms with Gasteiger partial charge in [0.2, 0.25) is 5.91 Å². The van der Waals surface area contributed by atoms with Crippen LogP contribution >= 0.6 is 0 Å². The molecule has 1 aromatic rings. The van der Waals surface area contributed by atoms with E-state index in [-0.39, 0.29) is 11.8 Å². The molecular weight excluding hydrogens is 290 g/mol. The number of amides is 2. The van der Waals surface area contributed by atoms with Crippen LogP contribution in [-0.4, -0.2) is 52.8 Å². The van der Waals surface area contributed by atoms with Gasteiger partial charge in [-0.3, -0.25) is 9.59 Å². The molecule has 1 aliphatic carbocycles. The second-order valence-electron chi connectivity index (χ2n) is 6.62. The summed E-state index contributed by atoms with van der Waals surface area (Å²) in [6.07, 6.45) is 5.67. The van der Waals surface area contributed by atoms with Gasteiger partial charge in [0.05, 0.1) is 0 Å². The summed E-state index contributed by atoms with van der Waals surface area (Å²) in [7, 11) is 0. The average molecular weight is 315 g/mol. The van der Waals surface area contributed by atoms with Crippen LogP contribution in [0.15, 0.2) is 18.2 Å². The lowest BCUT2D eigenvalue weighted by atomic mass is 9.88. The summed E-state index contributed by atoms with van der Waals surface area (Å²) in [6, 6.07) is 5.50. The van der Waals surface area contributed by atoms with Crippen molar-refractivity contribution in [1.82, 2.24) is 14.8 Å². The number of hydrogen-bond acceptors (Lipinski definition) is 3. The average Bonchev–Trinajstić information content (AvgIpc) is 2.61. The quantitative estimate of drug-likeness (QED) is 0.841. The molecule has 1 aromatic heterocycles. The van der Waals surface area contributed by atoms with Gasteiger partial charge >= 0.3 is 0 Å². The molecule has 2 fully saturated rings. The van der Waals surface area contributed by atoms with E-state index in [4.69, 9.17) is 0 Å². The normalized spacial score (nSPS) is 19.7. The molecule has 2 heterocycles. The Morgan fingerprint density at radius 3 is 2.30 bits per heavy atom. The Balaban J connectivity index is 1.55. The lowest BCUT2D eigenvalue weighted by molar-refractivity contribution is -0.138. The van der Waals surface area contributed by atoms with Crippen molar-refractivity contribution in [1.29, 1.82) is 0 Å². The summed E-state index contributed by atoms with van der Waals surface area (Å²) in [5.41, 5.74) is 1.35. The number of carbonyl (C=O) groups is 2. The number of hydrogen-bond donors (Lipinski definition) is 0. The SMILES string of the molecule is Cc1cccc(C(=O)N2CCN(C(=O)C3CCCCC3)CC2)n1. The maximum Gasteiger partial charge on any atom is 0.272 e. The fraction of sp³-hybridized carbons (Fsp3) is 0.611. The van der Waals surface area contributed by atoms with Gasteiger partial charge in [0, 0.05) is 37.8 Å². The van der Waals surface area contributed by atoms with Crippen LogP contribution in [0.25, 0.3) is 0 Å². The largest absolute Gasteiger partial charge is 0.339 e. The minimum absolute atomic E-state index is 0.0292. The van der Waals surface area contributed by atoms with E-state index < -0.39 is 0 Å². The highest BCUT2D eigenvalue weighted by Crippen LogP contribution is 2.25. The molecule has 0 atom stereocenters. The third-order valence-corrected chi connectivity index (χ3v) is 4.94. The number of aryl methyl sites for hydroxylation is 1. The molecule has 0 bridgehead atoms. The summed E-state index contributed by atoms with van der Waals surface area (Å²) in [6.45, 7) is 4.39. The standard InChI is InChI=1S/C18H25N3O2/c1-14-6-5-9-16(19-14)18(23)21-12-10-20(11-13-21)17(22)15-7-3-2-4-8-15/h5-6,9,15H,2-4,7-8,10-13H2,1H3. The molecule has 1 saturated carbocycles. The van der Waals surface area contributed by atoms with E-state index in [9.17, 15) is 9.59 Å². The van der Waals surface area contributed by atoms with Crippen LogP contribution in [0.2, 0.25) is 0 Å². The molecule has 5 nitrogen and oxygen atoms in total. The predicted octanol–water partition coefficient (Wildman–Crippen LogP) is 2.25. The molecule has 0 unspecified atom stereocenters. The highest BCUT2D eigenvalue weighted by atomic mass is 16.2. The first-order valence-corrected chi connectivity index (χ1v) is 8.67. The van der Waals surface area contributed by atoms with Gasteiger partial charge in [-0.1, -0.05) is 25.3 Å². The number of nitrogens with zero attached hydrogens (tertiary/aromatic N) is 3. The van der Waals surface area contributed by atoms with E-state index in [0.29, 0.717) is 37.8 Å². The van der Waals surface area contributed by atoms with Crippen LogP contribution in [0, 0.1) is 12.8 Å². The van der Waals surface area contributed by atoms with Crippen LogP contribution in [0.5, 0.6) is 0 Å². The Bertz CT molecular complexity index is 573. The van der Waals surface area contributed by atoms with Crippen LogP contribution in [-0.2, 0) is 4.79 Å². The topological polar surface area (TPSA) is 53.5 Å². The highest BCUT2D eigenvalue weighted by molar-refractivity contribution is 5.92. The van der Waals surface area contributed by atoms with Crippen LogP contribution in [0.3, 0.4) is 0 Å². The van der Waals surface area contributed by atoms with Crippen molar-refractivity contribution in [2.24, 2.45) is 5.92 Å². The number of carbonyl (C=O) groups excluding carboxylic acids is 2. The number of rotatable bonds is 2. The molecule has 1 aliphatic heterocycles. The molecular formula is C18H25N3O2. The summed E-state index contributed by atoms with van der Waals surface area (Å²) in [5, 5.41) is 0. The third kappa shape index (κ3) is 3.71. The number of pyridine rings is 1. The maximum atomic E-state index is 12.6. The lowest BCUT2D eigenvalue weighted by Crippen LogP contribution is -2.52. The van der Waals surface area contributed by atoms with Gasteiger partial charge in [-0.15, -0.1) is 0 Å². The Morgan fingerprint density at radius 1 is 1.00 bits per heavy atom. The Morgan fingerprint density at radius 2 is 1.65 bits per heavy atom. The summed E-state index contributed by atoms with van der Waals surface area (Å²) >= 11 is 0. The summed E-state index contributed by atoms with van der Waals surface area (Å²) < 4.78 is 0. The fourth-order valence-electron chi connectivity index (χ4n) is 3.56. The van der Waals surface area contributed by atoms with E-state index in [1.165, 1.54) is 19.3 Å². The van der Waals surface area contributed by atoms with Crippen molar-refractivity contribution in [3.8, 4) is 0 Å². The van der Waals surface area contributed by atoms with Gasteiger partial charge in [0.1, 0.15) is 5.69 Å². The zero-order chi connectivity index (χ0) is 16.2. The minimum Gasteiger partial charge on any atom is -0.339 e. The molecule has 0 radical (unpaired) electrons. The molecule has 0 N–H and O–H groups in total. The lowest BCUT2D eigenvalue weighted by Gasteiger charge is -2.37. The first kappa shape index (κ1) is 16.0. The molecule has 2 aliphatic rings. The smallest absolute Gasteiger partial charge is 0.272 e. The predicted molar refractivity (Wildman–Crippen MR) is 88.0 cm³/mol. The van der Waals surface area contributed by atoms with Crippen molar-refractivity contribution in [3.05, 3.63) is 29.6 Å². The molecule has 1 saturated heterocycles. The van der Waals surface area contributed by atoms with Crippen molar-refractivity contribution < 1.29 is 9.59 Å². The van der Waals surface area contributed by atoms with E-state index in [0.717, 1.165) is 18.5 Å². The second-order valence-corrected chi connectivity index (χ2v) is 6.62. The number of aromatic nitrogens is 1. The van der Waals surface area contributed by atoms with Gasteiger partial charge in [-0.25, -0.2) is 4.98 Å². The van der Waals surface area contributed by atoms with Crippen molar-refractivity contribution in [2.75, 3.05) is 26.2 Å². The van der Waals surface area contributed by atoms with Gasteiger partial charge in [-0.2, -0.15) is 0 Å². The zero-order valence-electron chi connectivity index (χ0n) is 13.8. The fourth-order valence-corrected chi connectivity index (χ4v) is 3.56. The first-order chi connectivity index (χ1) is 11.1. The molecule has 0 aromatic carbocycles. The highest BCUT2D eigenvalue weighted by Gasteiger charge is 2.30. The van der Waals surface area contributed by atoms with Gasteiger partial charge in [0.15, 0.2) is 0 Å². The second kappa shape index (κ2) is 7.11. The Hall–Kier alpha value is -1.91. The third-order valence-electron chi connectivity index (χ3n) is 4.94. The summed E-state index contributed by atoms with van der Waals surface area (Å²) in [4.78, 5) is 33.1. The van der Waals surface area contributed by atoms with E-state index in [1.54, 1.807) is 6.07 Å². The Kier molecular flexibility index (Phi) is 4.94. The molecule has 5 heteroatoms. The van der Waals surface area contributed by atoms with Crippen LogP contribution in [0.1, 0.15) is 48.3 Å². The van der Waals surface area contributed by atoms with Crippen molar-refractivity contribution in [3.63, 3.8) is 0 Å². The molecule has 3 rings (SSSR count). The Labute approximate surface area is 137 Å². The number of piperazine rings is 1. The molecule has 124 valence electrons. The summed E-state index contributed by atoms with van der Waals surface area (Å²) in [5.74, 6) is 0.480. The van der Waals surface area contributed by atoms with E-state index in [1.807, 2.05) is 28.9 Å². The van der Waals surface area contributed by atoms with Crippen LogP contribution in [0.4, 0.5) is 0 Å².